The molecule has 2 rings (SSSR count). The van der Waals surface area contributed by atoms with Crippen LogP contribution in [0, 0.1) is 0 Å². The third-order valence-corrected chi connectivity index (χ3v) is 2.76. The van der Waals surface area contributed by atoms with E-state index in [4.69, 9.17) is 5.21 Å². The van der Waals surface area contributed by atoms with Crippen LogP contribution < -0.4 is 11.0 Å². The maximum absolute atomic E-state index is 12.3. The predicted octanol–water partition coefficient (Wildman–Crippen LogP) is 1.26. The molecule has 0 aliphatic heterocycles. The zero-order valence-electron chi connectivity index (χ0n) is 10.6. The van der Waals surface area contributed by atoms with Gasteiger partial charge in [-0.1, -0.05) is 24.8 Å². The van der Waals surface area contributed by atoms with Crippen LogP contribution in [0.15, 0.2) is 54.1 Å². The monoisotopic (exact) mass is 271 g/mol. The average molecular weight is 271 g/mol. The maximum atomic E-state index is 12.3. The topological polar surface area (TPSA) is 84.2 Å². The Bertz CT molecular complexity index is 747. The van der Waals surface area contributed by atoms with Crippen LogP contribution in [-0.2, 0) is 6.54 Å². The van der Waals surface area contributed by atoms with E-state index in [0.717, 1.165) is 0 Å². The van der Waals surface area contributed by atoms with E-state index in [0.29, 0.717) is 17.4 Å². The van der Waals surface area contributed by atoms with E-state index in [-0.39, 0.29) is 11.1 Å². The van der Waals surface area contributed by atoms with Gasteiger partial charge in [0.05, 0.1) is 17.2 Å². The molecule has 1 aromatic carbocycles. The van der Waals surface area contributed by atoms with Gasteiger partial charge in [-0.25, -0.2) is 10.5 Å². The number of carbonyl (C=O) groups is 1. The molecule has 1 amide bonds. The van der Waals surface area contributed by atoms with Crippen molar-refractivity contribution in [3.63, 3.8) is 0 Å². The number of aromatic nitrogens is 2. The minimum absolute atomic E-state index is 0.193. The van der Waals surface area contributed by atoms with Crippen molar-refractivity contribution >= 4 is 16.8 Å². The van der Waals surface area contributed by atoms with Crippen LogP contribution >= 0.6 is 0 Å². The van der Waals surface area contributed by atoms with Gasteiger partial charge in [0.15, 0.2) is 0 Å². The summed E-state index contributed by atoms with van der Waals surface area (Å²) in [4.78, 5) is 27.8. The van der Waals surface area contributed by atoms with Gasteiger partial charge in [-0.3, -0.25) is 19.4 Å². The number of nitrogens with one attached hydrogen (secondary N) is 1. The molecule has 102 valence electrons. The van der Waals surface area contributed by atoms with E-state index in [1.807, 2.05) is 0 Å². The van der Waals surface area contributed by atoms with E-state index < -0.39 is 5.91 Å². The number of fused-ring (bicyclic) bond motifs is 1. The highest BCUT2D eigenvalue weighted by Crippen LogP contribution is 2.10. The largest absolute Gasteiger partial charge is 0.295 e. The molecule has 6 heteroatoms. The van der Waals surface area contributed by atoms with Crippen LogP contribution in [0.2, 0.25) is 0 Å². The number of amides is 1. The van der Waals surface area contributed by atoms with Crippen molar-refractivity contribution in [2.75, 3.05) is 0 Å². The Kier molecular flexibility index (Phi) is 4.07. The molecule has 6 nitrogen and oxygen atoms in total. The summed E-state index contributed by atoms with van der Waals surface area (Å²) in [5.41, 5.74) is 1.96. The molecule has 0 fully saturated rings. The summed E-state index contributed by atoms with van der Waals surface area (Å²) >= 11 is 0. The van der Waals surface area contributed by atoms with E-state index in [1.165, 1.54) is 28.5 Å². The number of allylic oxidation sites excluding steroid dienone is 3. The van der Waals surface area contributed by atoms with Crippen LogP contribution in [-0.4, -0.2) is 20.7 Å². The van der Waals surface area contributed by atoms with Crippen molar-refractivity contribution in [1.82, 2.24) is 15.0 Å². The summed E-state index contributed by atoms with van der Waals surface area (Å²) in [5.74, 6) is -0.673. The molecule has 0 radical (unpaired) electrons. The van der Waals surface area contributed by atoms with Crippen molar-refractivity contribution in [2.24, 2.45) is 0 Å². The normalized spacial score (nSPS) is 10.8. The number of hydroxylamine groups is 1. The van der Waals surface area contributed by atoms with Crippen LogP contribution in [0.25, 0.3) is 10.9 Å². The Morgan fingerprint density at radius 2 is 2.30 bits per heavy atom. The highest BCUT2D eigenvalue weighted by atomic mass is 16.5. The second kappa shape index (κ2) is 5.94. The van der Waals surface area contributed by atoms with Crippen molar-refractivity contribution in [3.8, 4) is 0 Å². The lowest BCUT2D eigenvalue weighted by molar-refractivity contribution is 0.0706. The first-order valence-electron chi connectivity index (χ1n) is 5.88. The molecule has 1 aromatic heterocycles. The summed E-state index contributed by atoms with van der Waals surface area (Å²) in [6.45, 7) is 3.91. The van der Waals surface area contributed by atoms with Gasteiger partial charge in [-0.05, 0) is 18.2 Å². The first-order valence-corrected chi connectivity index (χ1v) is 5.88. The van der Waals surface area contributed by atoms with Gasteiger partial charge in [0.2, 0.25) is 0 Å². The molecular weight excluding hydrogens is 258 g/mol. The molecular formula is C14H13N3O3. The molecule has 0 atom stereocenters. The fourth-order valence-electron chi connectivity index (χ4n) is 1.77. The van der Waals surface area contributed by atoms with Crippen molar-refractivity contribution in [1.29, 1.82) is 0 Å². The average Bonchev–Trinajstić information content (AvgIpc) is 2.48. The molecule has 0 spiro atoms. The third kappa shape index (κ3) is 2.65. The molecule has 20 heavy (non-hydrogen) atoms. The van der Waals surface area contributed by atoms with Crippen molar-refractivity contribution in [3.05, 3.63) is 65.3 Å². The fraction of sp³-hybridized carbons (Fsp3) is 0.0714. The zero-order chi connectivity index (χ0) is 14.5. The number of hydrogen-bond acceptors (Lipinski definition) is 4. The number of rotatable bonds is 4. The lowest BCUT2D eigenvalue weighted by Gasteiger charge is -2.05. The van der Waals surface area contributed by atoms with Gasteiger partial charge in [-0.15, -0.1) is 0 Å². The number of hydrogen-bond donors (Lipinski definition) is 2. The second-order valence-corrected chi connectivity index (χ2v) is 4.04. The lowest BCUT2D eigenvalue weighted by Crippen LogP contribution is -2.22. The summed E-state index contributed by atoms with van der Waals surface area (Å²) in [6.07, 6.45) is 6.56. The van der Waals surface area contributed by atoms with E-state index in [2.05, 4.69) is 11.6 Å². The summed E-state index contributed by atoms with van der Waals surface area (Å²) in [7, 11) is 0. The van der Waals surface area contributed by atoms with Gasteiger partial charge in [0, 0.05) is 12.1 Å². The molecule has 0 saturated heterocycles. The third-order valence-electron chi connectivity index (χ3n) is 2.76. The highest BCUT2D eigenvalue weighted by Gasteiger charge is 2.08. The quantitative estimate of drug-likeness (QED) is 0.498. The SMILES string of the molecule is C=CC=CCn1cnc2ccc(C(=O)NO)cc2c1=O. The molecule has 0 unspecified atom stereocenters. The minimum Gasteiger partial charge on any atom is -0.295 e. The van der Waals surface area contributed by atoms with Gasteiger partial charge >= 0.3 is 0 Å². The minimum atomic E-state index is -0.673. The standard InChI is InChI=1S/C14H13N3O3/c1-2-3-4-7-17-9-15-12-6-5-10(13(18)16-20)8-11(12)14(17)19/h2-6,8-9,20H,1,7H2,(H,16,18). The smallest absolute Gasteiger partial charge is 0.274 e. The Morgan fingerprint density at radius 3 is 3.00 bits per heavy atom. The van der Waals surface area contributed by atoms with Crippen LogP contribution in [0.5, 0.6) is 0 Å². The number of nitrogens with zero attached hydrogens (tertiary/aromatic N) is 2. The van der Waals surface area contributed by atoms with Crippen molar-refractivity contribution < 1.29 is 10.0 Å². The van der Waals surface area contributed by atoms with Crippen LogP contribution in [0.1, 0.15) is 10.4 Å². The Morgan fingerprint density at radius 1 is 1.50 bits per heavy atom. The van der Waals surface area contributed by atoms with Crippen LogP contribution in [0.4, 0.5) is 0 Å². The molecule has 2 N–H and O–H groups in total. The van der Waals surface area contributed by atoms with Gasteiger partial charge < -0.3 is 0 Å². The molecule has 1 heterocycles. The van der Waals surface area contributed by atoms with Crippen LogP contribution in [0.3, 0.4) is 0 Å². The van der Waals surface area contributed by atoms with E-state index in [9.17, 15) is 9.59 Å². The molecule has 0 aliphatic rings. The predicted molar refractivity (Wildman–Crippen MR) is 74.6 cm³/mol. The summed E-state index contributed by atoms with van der Waals surface area (Å²) in [6, 6.07) is 4.46. The fourth-order valence-corrected chi connectivity index (χ4v) is 1.77. The lowest BCUT2D eigenvalue weighted by atomic mass is 10.1. The molecule has 2 aromatic rings. The summed E-state index contributed by atoms with van der Waals surface area (Å²) < 4.78 is 1.42. The molecule has 0 saturated carbocycles. The Labute approximate surface area is 114 Å². The van der Waals surface area contributed by atoms with Gasteiger partial charge in [0.25, 0.3) is 11.5 Å². The Hall–Kier alpha value is -2.73. The number of benzene rings is 1. The Balaban J connectivity index is 2.52. The molecule has 0 bridgehead atoms. The molecule has 0 aliphatic carbocycles. The first-order chi connectivity index (χ1) is 9.67. The van der Waals surface area contributed by atoms with Gasteiger partial charge in [-0.2, -0.15) is 0 Å². The van der Waals surface area contributed by atoms with Crippen molar-refractivity contribution in [2.45, 2.75) is 6.54 Å². The highest BCUT2D eigenvalue weighted by molar-refractivity contribution is 5.97. The van der Waals surface area contributed by atoms with E-state index in [1.54, 1.807) is 24.3 Å². The zero-order valence-corrected chi connectivity index (χ0v) is 10.6. The summed E-state index contributed by atoms with van der Waals surface area (Å²) in [5, 5.41) is 8.93. The maximum Gasteiger partial charge on any atom is 0.274 e. The second-order valence-electron chi connectivity index (χ2n) is 4.04. The first kappa shape index (κ1) is 13.7. The number of carbonyl (C=O) groups excluding carboxylic acids is 1. The van der Waals surface area contributed by atoms with E-state index >= 15 is 0 Å². The van der Waals surface area contributed by atoms with Gasteiger partial charge in [0.1, 0.15) is 0 Å².